The summed E-state index contributed by atoms with van der Waals surface area (Å²) in [5.41, 5.74) is 3.98. The summed E-state index contributed by atoms with van der Waals surface area (Å²) >= 11 is 3.46. The average Bonchev–Trinajstić information content (AvgIpc) is 2.76. The molecule has 1 aliphatic heterocycles. The zero-order valence-electron chi connectivity index (χ0n) is 10.0. The number of aryl methyl sites for hydroxylation is 1. The maximum absolute atomic E-state index is 4.40. The molecule has 0 spiro atoms. The van der Waals surface area contributed by atoms with E-state index in [9.17, 15) is 0 Å². The van der Waals surface area contributed by atoms with Crippen molar-refractivity contribution < 1.29 is 0 Å². The lowest BCUT2D eigenvalue weighted by Crippen LogP contribution is -2.37. The van der Waals surface area contributed by atoms with Crippen LogP contribution in [0.2, 0.25) is 0 Å². The van der Waals surface area contributed by atoms with E-state index in [1.54, 1.807) is 0 Å². The van der Waals surface area contributed by atoms with Gasteiger partial charge in [0.05, 0.1) is 0 Å². The summed E-state index contributed by atoms with van der Waals surface area (Å²) in [4.78, 5) is 4.40. The molecule has 2 heterocycles. The number of nitrogens with zero attached hydrogens (tertiary/aromatic N) is 1. The lowest BCUT2D eigenvalue weighted by Gasteiger charge is -2.25. The second-order valence-corrected chi connectivity index (χ2v) is 5.86. The van der Waals surface area contributed by atoms with Crippen LogP contribution in [0.1, 0.15) is 30.4 Å². The van der Waals surface area contributed by atoms with Crippen LogP contribution in [0.4, 0.5) is 0 Å². The largest absolute Gasteiger partial charge is 0.310 e. The van der Waals surface area contributed by atoms with Crippen molar-refractivity contribution in [2.75, 3.05) is 6.54 Å². The highest BCUT2D eigenvalue weighted by atomic mass is 79.9. The van der Waals surface area contributed by atoms with Crippen molar-refractivity contribution in [3.8, 4) is 0 Å². The van der Waals surface area contributed by atoms with Gasteiger partial charge in [-0.15, -0.1) is 0 Å². The molecule has 2 atom stereocenters. The Balaban J connectivity index is 1.87. The zero-order valence-corrected chi connectivity index (χ0v) is 11.6. The maximum atomic E-state index is 4.40. The number of hydrogen-bond acceptors (Lipinski definition) is 2. The van der Waals surface area contributed by atoms with Crippen LogP contribution < -0.4 is 5.32 Å². The monoisotopic (exact) mass is 292 g/mol. The molecule has 3 heteroatoms. The highest BCUT2D eigenvalue weighted by molar-refractivity contribution is 9.10. The third-order valence-corrected chi connectivity index (χ3v) is 4.72. The second-order valence-electron chi connectivity index (χ2n) is 5.11. The van der Waals surface area contributed by atoms with Crippen LogP contribution >= 0.6 is 15.9 Å². The number of allylic oxidation sites excluding steroid dienone is 1. The number of rotatable bonds is 1. The number of pyridine rings is 1. The van der Waals surface area contributed by atoms with Crippen LogP contribution in [0.15, 0.2) is 22.9 Å². The van der Waals surface area contributed by atoms with E-state index in [0.29, 0.717) is 6.04 Å². The first-order valence-corrected chi connectivity index (χ1v) is 7.10. The fourth-order valence-corrected chi connectivity index (χ4v) is 3.14. The molecule has 90 valence electrons. The fraction of sp³-hybridized carbons (Fsp3) is 0.500. The van der Waals surface area contributed by atoms with Gasteiger partial charge >= 0.3 is 0 Å². The first-order chi connectivity index (χ1) is 8.24. The Labute approximate surface area is 111 Å². The van der Waals surface area contributed by atoms with Gasteiger partial charge in [0.15, 0.2) is 0 Å². The highest BCUT2D eigenvalue weighted by Crippen LogP contribution is 2.37. The number of nitrogens with one attached hydrogen (secondary N) is 1. The molecular weight excluding hydrogens is 276 g/mol. The maximum Gasteiger partial charge on any atom is 0.109 e. The van der Waals surface area contributed by atoms with Crippen molar-refractivity contribution in [2.24, 2.45) is 5.92 Å². The van der Waals surface area contributed by atoms with Crippen LogP contribution in [0.3, 0.4) is 0 Å². The fourth-order valence-electron chi connectivity index (χ4n) is 2.92. The molecule has 2 unspecified atom stereocenters. The van der Waals surface area contributed by atoms with Crippen LogP contribution in [-0.4, -0.2) is 17.6 Å². The molecule has 1 aliphatic carbocycles. The molecular formula is C14H17BrN2. The molecule has 0 amide bonds. The van der Waals surface area contributed by atoms with E-state index in [0.717, 1.165) is 10.5 Å². The Bertz CT molecular complexity index is 467. The van der Waals surface area contributed by atoms with Gasteiger partial charge in [-0.1, -0.05) is 6.08 Å². The molecule has 0 bridgehead atoms. The molecule has 1 aromatic heterocycles. The smallest absolute Gasteiger partial charge is 0.109 e. The molecule has 0 radical (unpaired) electrons. The molecule has 2 aliphatic rings. The minimum atomic E-state index is 0.600. The van der Waals surface area contributed by atoms with Crippen molar-refractivity contribution in [1.29, 1.82) is 0 Å². The molecule has 1 fully saturated rings. The third kappa shape index (κ3) is 2.18. The molecule has 1 N–H and O–H groups in total. The lowest BCUT2D eigenvalue weighted by molar-refractivity contribution is 0.341. The first-order valence-electron chi connectivity index (χ1n) is 6.30. The van der Waals surface area contributed by atoms with Crippen molar-refractivity contribution >= 4 is 21.5 Å². The van der Waals surface area contributed by atoms with E-state index in [1.165, 1.54) is 42.5 Å². The predicted octanol–water partition coefficient (Wildman–Crippen LogP) is 3.31. The number of hydrogen-bond donors (Lipinski definition) is 1. The Morgan fingerprint density at radius 1 is 1.47 bits per heavy atom. The van der Waals surface area contributed by atoms with Crippen LogP contribution in [0.5, 0.6) is 0 Å². The summed E-state index contributed by atoms with van der Waals surface area (Å²) in [6.07, 6.45) is 8.29. The highest BCUT2D eigenvalue weighted by Gasteiger charge is 2.29. The SMILES string of the molecule is Cc1cc(C2=CC3NCCCC3C2)cnc1Br. The van der Waals surface area contributed by atoms with E-state index in [1.807, 2.05) is 6.20 Å². The molecule has 17 heavy (non-hydrogen) atoms. The normalized spacial score (nSPS) is 27.8. The number of aromatic nitrogens is 1. The third-order valence-electron chi connectivity index (χ3n) is 3.89. The zero-order chi connectivity index (χ0) is 11.8. The van der Waals surface area contributed by atoms with Gasteiger partial charge in [0, 0.05) is 12.2 Å². The van der Waals surface area contributed by atoms with Crippen LogP contribution in [-0.2, 0) is 0 Å². The summed E-state index contributed by atoms with van der Waals surface area (Å²) in [7, 11) is 0. The van der Waals surface area contributed by atoms with Crippen molar-refractivity contribution in [3.05, 3.63) is 34.1 Å². The quantitative estimate of drug-likeness (QED) is 0.804. The van der Waals surface area contributed by atoms with Gasteiger partial charge in [0.25, 0.3) is 0 Å². The van der Waals surface area contributed by atoms with Gasteiger partial charge in [-0.2, -0.15) is 0 Å². The van der Waals surface area contributed by atoms with Gasteiger partial charge < -0.3 is 5.32 Å². The summed E-state index contributed by atoms with van der Waals surface area (Å²) in [5.74, 6) is 0.808. The van der Waals surface area contributed by atoms with Gasteiger partial charge in [0.1, 0.15) is 4.60 Å². The standard InChI is InChI=1S/C14H17BrN2/c1-9-5-12(8-17-14(9)15)11-6-10-3-2-4-16-13(10)7-11/h5,7-8,10,13,16H,2-4,6H2,1H3. The van der Waals surface area contributed by atoms with Crippen LogP contribution in [0, 0.1) is 12.8 Å². The average molecular weight is 293 g/mol. The molecule has 0 aromatic carbocycles. The summed E-state index contributed by atoms with van der Waals surface area (Å²) in [6.45, 7) is 3.27. The van der Waals surface area contributed by atoms with Gasteiger partial charge in [0.2, 0.25) is 0 Å². The molecule has 2 nitrogen and oxygen atoms in total. The van der Waals surface area contributed by atoms with E-state index in [4.69, 9.17) is 0 Å². The van der Waals surface area contributed by atoms with E-state index >= 15 is 0 Å². The van der Waals surface area contributed by atoms with Gasteiger partial charge in [-0.3, -0.25) is 0 Å². The van der Waals surface area contributed by atoms with Crippen molar-refractivity contribution in [2.45, 2.75) is 32.2 Å². The Morgan fingerprint density at radius 2 is 2.35 bits per heavy atom. The lowest BCUT2D eigenvalue weighted by atomic mass is 9.92. The summed E-state index contributed by atoms with van der Waals surface area (Å²) in [5, 5.41) is 3.60. The Morgan fingerprint density at radius 3 is 3.12 bits per heavy atom. The summed E-state index contributed by atoms with van der Waals surface area (Å²) < 4.78 is 0.954. The molecule has 1 aromatic rings. The number of piperidine rings is 1. The van der Waals surface area contributed by atoms with Gasteiger partial charge in [-0.25, -0.2) is 4.98 Å². The Hall–Kier alpha value is -0.670. The van der Waals surface area contributed by atoms with E-state index in [2.05, 4.69) is 45.3 Å². The van der Waals surface area contributed by atoms with Crippen LogP contribution in [0.25, 0.3) is 5.57 Å². The van der Waals surface area contributed by atoms with E-state index in [-0.39, 0.29) is 0 Å². The first kappa shape index (κ1) is 11.4. The minimum Gasteiger partial charge on any atom is -0.310 e. The topological polar surface area (TPSA) is 24.9 Å². The van der Waals surface area contributed by atoms with Gasteiger partial charge in [-0.05, 0) is 77.3 Å². The molecule has 1 saturated heterocycles. The van der Waals surface area contributed by atoms with E-state index < -0.39 is 0 Å². The summed E-state index contributed by atoms with van der Waals surface area (Å²) in [6, 6.07) is 2.84. The van der Waals surface area contributed by atoms with Crippen molar-refractivity contribution in [3.63, 3.8) is 0 Å². The molecule has 3 rings (SSSR count). The minimum absolute atomic E-state index is 0.600. The molecule has 0 saturated carbocycles. The van der Waals surface area contributed by atoms with Crippen molar-refractivity contribution in [1.82, 2.24) is 10.3 Å². The Kier molecular flexibility index (Phi) is 3.05. The predicted molar refractivity (Wildman–Crippen MR) is 73.8 cm³/mol. The second kappa shape index (κ2) is 4.54. The number of halogens is 1. The number of fused-ring (bicyclic) bond motifs is 1.